The summed E-state index contributed by atoms with van der Waals surface area (Å²) in [4.78, 5) is 63.6. The Hall–Kier alpha value is -4.21. The number of carbonyl (C=O) groups is 5. The topological polar surface area (TPSA) is 168 Å². The molecule has 14 nitrogen and oxygen atoms in total. The highest BCUT2D eigenvalue weighted by Gasteiger charge is 2.45. The van der Waals surface area contributed by atoms with Gasteiger partial charge in [0, 0.05) is 19.4 Å². The number of ether oxygens (including phenoxy) is 6. The van der Waals surface area contributed by atoms with Crippen LogP contribution in [0.2, 0.25) is 0 Å². The Morgan fingerprint density at radius 3 is 1.93 bits per heavy atom. The lowest BCUT2D eigenvalue weighted by molar-refractivity contribution is -0.136. The summed E-state index contributed by atoms with van der Waals surface area (Å²) in [5, 5.41) is 4.92. The summed E-state index contributed by atoms with van der Waals surface area (Å²) >= 11 is 0. The van der Waals surface area contributed by atoms with Gasteiger partial charge in [0.15, 0.2) is 0 Å². The summed E-state index contributed by atoms with van der Waals surface area (Å²) in [5.74, 6) is -1.83. The van der Waals surface area contributed by atoms with Crippen molar-refractivity contribution >= 4 is 35.2 Å². The lowest BCUT2D eigenvalue weighted by Crippen LogP contribution is -2.54. The minimum atomic E-state index is -1.07. The molecule has 14 heteroatoms. The molecule has 0 aromatic heterocycles. The van der Waals surface area contributed by atoms with Crippen molar-refractivity contribution in [3.05, 3.63) is 59.2 Å². The Morgan fingerprint density at radius 2 is 1.28 bits per heavy atom. The SMILES string of the molecule is CCCCCCCCc1ccc(OCCOCCOCCOCCOCCOCCCCCC(=O)Nc2cccc3c2C(=O)N(C2CCC(=O)NC2=O)C3=O)cc1. The van der Waals surface area contributed by atoms with Crippen LogP contribution in [0.1, 0.15) is 110 Å². The zero-order chi connectivity index (χ0) is 40.5. The van der Waals surface area contributed by atoms with Crippen molar-refractivity contribution in [1.29, 1.82) is 0 Å². The molecule has 5 amide bonds. The first kappa shape index (κ1) is 45.5. The molecule has 0 spiro atoms. The quantitative estimate of drug-likeness (QED) is 0.0715. The molecule has 0 saturated carbocycles. The Labute approximate surface area is 336 Å². The molecule has 314 valence electrons. The van der Waals surface area contributed by atoms with Crippen LogP contribution in [-0.4, -0.2) is 113 Å². The van der Waals surface area contributed by atoms with Gasteiger partial charge in [0.2, 0.25) is 17.7 Å². The van der Waals surface area contributed by atoms with Crippen LogP contribution in [0.4, 0.5) is 5.69 Å². The lowest BCUT2D eigenvalue weighted by Gasteiger charge is -2.27. The Bertz CT molecular complexity index is 1550. The molecule has 2 aromatic carbocycles. The second-order valence-electron chi connectivity index (χ2n) is 14.1. The van der Waals surface area contributed by atoms with Gasteiger partial charge >= 0.3 is 0 Å². The molecule has 0 radical (unpaired) electrons. The number of hydrogen-bond donors (Lipinski definition) is 2. The van der Waals surface area contributed by atoms with Crippen molar-refractivity contribution in [3.63, 3.8) is 0 Å². The maximum Gasteiger partial charge on any atom is 0.264 e. The number of benzene rings is 2. The van der Waals surface area contributed by atoms with Crippen molar-refractivity contribution < 1.29 is 52.4 Å². The van der Waals surface area contributed by atoms with Crippen LogP contribution < -0.4 is 15.4 Å². The van der Waals surface area contributed by atoms with Gasteiger partial charge in [-0.3, -0.25) is 34.2 Å². The molecule has 2 N–H and O–H groups in total. The predicted molar refractivity (Wildman–Crippen MR) is 213 cm³/mol. The molecule has 2 heterocycles. The number of hydrogen-bond acceptors (Lipinski definition) is 11. The van der Waals surface area contributed by atoms with Gasteiger partial charge in [-0.1, -0.05) is 63.6 Å². The van der Waals surface area contributed by atoms with E-state index in [0.717, 1.165) is 29.9 Å². The number of fused-ring (bicyclic) bond motifs is 1. The third kappa shape index (κ3) is 16.3. The summed E-state index contributed by atoms with van der Waals surface area (Å²) in [6, 6.07) is 11.9. The van der Waals surface area contributed by atoms with Gasteiger partial charge in [0.1, 0.15) is 18.4 Å². The van der Waals surface area contributed by atoms with Gasteiger partial charge in [-0.15, -0.1) is 0 Å². The minimum Gasteiger partial charge on any atom is -0.491 e. The second-order valence-corrected chi connectivity index (χ2v) is 14.1. The molecule has 4 rings (SSSR count). The number of carbonyl (C=O) groups excluding carboxylic acids is 5. The maximum absolute atomic E-state index is 13.2. The number of rotatable bonds is 31. The summed E-state index contributed by atoms with van der Waals surface area (Å²) < 4.78 is 33.6. The molecular formula is C43H61N3O11. The Kier molecular flexibility index (Phi) is 21.3. The van der Waals surface area contributed by atoms with Crippen LogP contribution in [0, 0.1) is 0 Å². The zero-order valence-electron chi connectivity index (χ0n) is 33.5. The van der Waals surface area contributed by atoms with Crippen LogP contribution in [0.25, 0.3) is 0 Å². The molecule has 1 atom stereocenters. The molecule has 1 unspecified atom stereocenters. The number of piperidine rings is 1. The van der Waals surface area contributed by atoms with E-state index in [1.165, 1.54) is 50.2 Å². The van der Waals surface area contributed by atoms with Crippen LogP contribution in [0.15, 0.2) is 42.5 Å². The second kappa shape index (κ2) is 26.7. The van der Waals surface area contributed by atoms with E-state index in [4.69, 9.17) is 28.4 Å². The van der Waals surface area contributed by atoms with Gasteiger partial charge in [-0.25, -0.2) is 0 Å². The molecular weight excluding hydrogens is 734 g/mol. The lowest BCUT2D eigenvalue weighted by atomic mass is 10.0. The summed E-state index contributed by atoms with van der Waals surface area (Å²) in [5.41, 5.74) is 1.76. The minimum absolute atomic E-state index is 0.0324. The van der Waals surface area contributed by atoms with E-state index in [9.17, 15) is 24.0 Å². The summed E-state index contributed by atoms with van der Waals surface area (Å²) in [7, 11) is 0. The van der Waals surface area contributed by atoms with Gasteiger partial charge < -0.3 is 33.7 Å². The van der Waals surface area contributed by atoms with Crippen molar-refractivity contribution in [2.45, 2.75) is 96.4 Å². The summed E-state index contributed by atoms with van der Waals surface area (Å²) in [6.45, 7) is 7.59. The number of aryl methyl sites for hydroxylation is 1. The molecule has 2 aliphatic heterocycles. The largest absolute Gasteiger partial charge is 0.491 e. The van der Waals surface area contributed by atoms with E-state index >= 15 is 0 Å². The van der Waals surface area contributed by atoms with Crippen LogP contribution in [0.3, 0.4) is 0 Å². The van der Waals surface area contributed by atoms with E-state index < -0.39 is 29.7 Å². The third-order valence-electron chi connectivity index (χ3n) is 9.66. The van der Waals surface area contributed by atoms with Crippen LogP contribution >= 0.6 is 0 Å². The Morgan fingerprint density at radius 1 is 0.684 bits per heavy atom. The number of anilines is 1. The van der Waals surface area contributed by atoms with E-state index in [1.54, 1.807) is 12.1 Å². The number of imide groups is 2. The average Bonchev–Trinajstić information content (AvgIpc) is 3.46. The standard InChI is InChI=1S/C43H61N3O11/c1-2-3-4-5-6-8-12-33-16-18-34(19-17-33)57-32-31-56-30-29-55-28-27-54-26-25-53-24-23-52-22-10-7-9-15-38(47)44-36-14-11-13-35-40(36)43(51)46(42(35)50)37-20-21-39(48)45-41(37)49/h11,13-14,16-19,37H,2-10,12,15,20-32H2,1H3,(H,44,47)(H,45,48,49). The van der Waals surface area contributed by atoms with Gasteiger partial charge in [-0.05, 0) is 61.9 Å². The molecule has 57 heavy (non-hydrogen) atoms. The number of nitrogens with one attached hydrogen (secondary N) is 2. The molecule has 0 aliphatic carbocycles. The normalized spacial score (nSPS) is 15.2. The fourth-order valence-electron chi connectivity index (χ4n) is 6.56. The molecule has 2 aromatic rings. The predicted octanol–water partition coefficient (Wildman–Crippen LogP) is 5.65. The number of unbranched alkanes of at least 4 members (excludes halogenated alkanes) is 7. The highest BCUT2D eigenvalue weighted by atomic mass is 16.6. The fourth-order valence-corrected chi connectivity index (χ4v) is 6.56. The zero-order valence-corrected chi connectivity index (χ0v) is 33.5. The molecule has 1 fully saturated rings. The van der Waals surface area contributed by atoms with E-state index in [0.29, 0.717) is 79.1 Å². The van der Waals surface area contributed by atoms with Crippen molar-refractivity contribution in [2.24, 2.45) is 0 Å². The highest BCUT2D eigenvalue weighted by molar-refractivity contribution is 6.26. The Balaban J connectivity index is 0.893. The average molecular weight is 796 g/mol. The fraction of sp³-hybridized carbons (Fsp3) is 0.605. The molecule has 2 aliphatic rings. The smallest absolute Gasteiger partial charge is 0.264 e. The van der Waals surface area contributed by atoms with Gasteiger partial charge in [0.25, 0.3) is 11.8 Å². The first-order valence-electron chi connectivity index (χ1n) is 20.6. The van der Waals surface area contributed by atoms with Crippen molar-refractivity contribution in [2.75, 3.05) is 78.0 Å². The van der Waals surface area contributed by atoms with Gasteiger partial charge in [-0.2, -0.15) is 0 Å². The van der Waals surface area contributed by atoms with Gasteiger partial charge in [0.05, 0.1) is 76.3 Å². The molecule has 0 bridgehead atoms. The van der Waals surface area contributed by atoms with E-state index in [1.807, 2.05) is 12.1 Å². The maximum atomic E-state index is 13.2. The first-order chi connectivity index (χ1) is 27.9. The number of nitrogens with zero attached hydrogens (tertiary/aromatic N) is 1. The van der Waals surface area contributed by atoms with Crippen LogP contribution in [0.5, 0.6) is 5.75 Å². The highest BCUT2D eigenvalue weighted by Crippen LogP contribution is 2.32. The van der Waals surface area contributed by atoms with Crippen molar-refractivity contribution in [3.8, 4) is 5.75 Å². The number of amides is 5. The first-order valence-corrected chi connectivity index (χ1v) is 20.6. The van der Waals surface area contributed by atoms with Crippen LogP contribution in [-0.2, 0) is 44.5 Å². The third-order valence-corrected chi connectivity index (χ3v) is 9.66. The van der Waals surface area contributed by atoms with E-state index in [2.05, 4.69) is 29.7 Å². The summed E-state index contributed by atoms with van der Waals surface area (Å²) in [6.07, 6.45) is 11.5. The monoisotopic (exact) mass is 795 g/mol. The van der Waals surface area contributed by atoms with E-state index in [-0.39, 0.29) is 42.0 Å². The molecule has 1 saturated heterocycles. The van der Waals surface area contributed by atoms with Crippen molar-refractivity contribution in [1.82, 2.24) is 10.2 Å².